The monoisotopic (exact) mass is 330 g/mol. The summed E-state index contributed by atoms with van der Waals surface area (Å²) in [7, 11) is 0. The molecule has 0 bridgehead atoms. The van der Waals surface area contributed by atoms with Gasteiger partial charge in [-0.05, 0) is 35.9 Å². The summed E-state index contributed by atoms with van der Waals surface area (Å²) in [5, 5.41) is 0. The van der Waals surface area contributed by atoms with Gasteiger partial charge in [-0.3, -0.25) is 20.4 Å². The molecular weight excluding hydrogens is 319 g/mol. The van der Waals surface area contributed by atoms with Gasteiger partial charge in [0.15, 0.2) is 0 Å². The normalized spacial score (nSPS) is 10.3. The van der Waals surface area contributed by atoms with Crippen LogP contribution in [0.5, 0.6) is 0 Å². The minimum absolute atomic E-state index is 0.309. The van der Waals surface area contributed by atoms with Crippen LogP contribution < -0.4 is 10.9 Å². The number of hydrogen-bond acceptors (Lipinski definition) is 4. The van der Waals surface area contributed by atoms with E-state index in [1.54, 1.807) is 24.3 Å². The summed E-state index contributed by atoms with van der Waals surface area (Å²) < 4.78 is 17.7. The first-order chi connectivity index (χ1) is 11.1. The highest BCUT2D eigenvalue weighted by molar-refractivity contribution is 7.17. The molecule has 0 spiro atoms. The number of carbonyl (C=O) groups is 2. The minimum Gasteiger partial charge on any atom is -0.472 e. The van der Waals surface area contributed by atoms with Crippen LogP contribution in [0.1, 0.15) is 20.0 Å². The van der Waals surface area contributed by atoms with Crippen molar-refractivity contribution in [2.24, 2.45) is 0 Å². The first kappa shape index (κ1) is 15.0. The minimum atomic E-state index is -0.470. The van der Waals surface area contributed by atoms with Crippen LogP contribution in [-0.2, 0) is 0 Å². The van der Waals surface area contributed by atoms with Crippen LogP contribution in [-0.4, -0.2) is 11.8 Å². The van der Waals surface area contributed by atoms with Crippen LogP contribution >= 0.6 is 11.3 Å². The molecule has 7 heteroatoms. The molecule has 2 heterocycles. The zero-order valence-electron chi connectivity index (χ0n) is 11.7. The van der Waals surface area contributed by atoms with Gasteiger partial charge in [-0.25, -0.2) is 4.39 Å². The Morgan fingerprint density at radius 2 is 1.70 bits per heavy atom. The zero-order chi connectivity index (χ0) is 16.2. The van der Waals surface area contributed by atoms with Crippen molar-refractivity contribution in [3.63, 3.8) is 0 Å². The van der Waals surface area contributed by atoms with E-state index in [1.807, 2.05) is 0 Å². The molecule has 0 unspecified atom stereocenters. The lowest BCUT2D eigenvalue weighted by molar-refractivity contribution is 0.0848. The van der Waals surface area contributed by atoms with Crippen LogP contribution in [0.4, 0.5) is 4.39 Å². The number of benzene rings is 1. The van der Waals surface area contributed by atoms with E-state index in [2.05, 4.69) is 10.9 Å². The van der Waals surface area contributed by atoms with E-state index in [9.17, 15) is 14.0 Å². The van der Waals surface area contributed by atoms with Crippen molar-refractivity contribution in [1.82, 2.24) is 10.9 Å². The quantitative estimate of drug-likeness (QED) is 0.724. The summed E-state index contributed by atoms with van der Waals surface area (Å²) in [4.78, 5) is 25.0. The van der Waals surface area contributed by atoms with Crippen molar-refractivity contribution in [3.8, 4) is 10.4 Å². The maximum absolute atomic E-state index is 12.9. The molecule has 2 aromatic heterocycles. The predicted octanol–water partition coefficient (Wildman–Crippen LogP) is 3.22. The molecule has 0 atom stereocenters. The Kier molecular flexibility index (Phi) is 4.20. The van der Waals surface area contributed by atoms with Crippen molar-refractivity contribution in [1.29, 1.82) is 0 Å². The zero-order valence-corrected chi connectivity index (χ0v) is 12.5. The lowest BCUT2D eigenvalue weighted by atomic mass is 10.2. The van der Waals surface area contributed by atoms with E-state index in [4.69, 9.17) is 4.42 Å². The third-order valence-electron chi connectivity index (χ3n) is 3.03. The summed E-state index contributed by atoms with van der Waals surface area (Å²) in [6.07, 6.45) is 2.64. The Balaban J connectivity index is 1.64. The SMILES string of the molecule is O=C(NNC(=O)c1ccc(-c2ccc(F)cc2)s1)c1ccoc1. The number of hydrazine groups is 1. The summed E-state index contributed by atoms with van der Waals surface area (Å²) >= 11 is 1.24. The van der Waals surface area contributed by atoms with E-state index in [0.717, 1.165) is 10.4 Å². The summed E-state index contributed by atoms with van der Waals surface area (Å²) in [5.41, 5.74) is 5.76. The molecule has 2 amide bonds. The first-order valence-corrected chi connectivity index (χ1v) is 7.44. The molecule has 3 rings (SSSR count). The Bertz CT molecular complexity index is 825. The van der Waals surface area contributed by atoms with Gasteiger partial charge in [-0.2, -0.15) is 0 Å². The van der Waals surface area contributed by atoms with Crippen LogP contribution in [0.3, 0.4) is 0 Å². The second-order valence-corrected chi connectivity index (χ2v) is 5.67. The molecule has 0 saturated carbocycles. The highest BCUT2D eigenvalue weighted by atomic mass is 32.1. The second kappa shape index (κ2) is 6.45. The molecule has 0 fully saturated rings. The van der Waals surface area contributed by atoms with Gasteiger partial charge in [0.1, 0.15) is 12.1 Å². The number of rotatable bonds is 3. The van der Waals surface area contributed by atoms with Crippen molar-refractivity contribution in [2.75, 3.05) is 0 Å². The van der Waals surface area contributed by atoms with Crippen molar-refractivity contribution in [2.45, 2.75) is 0 Å². The molecule has 23 heavy (non-hydrogen) atoms. The highest BCUT2D eigenvalue weighted by Crippen LogP contribution is 2.28. The van der Waals surface area contributed by atoms with E-state index in [1.165, 1.54) is 42.1 Å². The van der Waals surface area contributed by atoms with Gasteiger partial charge in [0.2, 0.25) is 0 Å². The molecule has 1 aromatic carbocycles. The Labute approximate surface area is 134 Å². The molecular formula is C16H11FN2O3S. The van der Waals surface area contributed by atoms with Gasteiger partial charge in [0.25, 0.3) is 11.8 Å². The molecule has 116 valence electrons. The van der Waals surface area contributed by atoms with Gasteiger partial charge in [0.05, 0.1) is 16.7 Å². The van der Waals surface area contributed by atoms with E-state index >= 15 is 0 Å². The Hall–Kier alpha value is -2.93. The van der Waals surface area contributed by atoms with Gasteiger partial charge < -0.3 is 4.42 Å². The number of hydrogen-bond donors (Lipinski definition) is 2. The average molecular weight is 330 g/mol. The van der Waals surface area contributed by atoms with Crippen molar-refractivity contribution < 1.29 is 18.4 Å². The fraction of sp³-hybridized carbons (Fsp3) is 0. The van der Waals surface area contributed by atoms with Crippen molar-refractivity contribution >= 4 is 23.2 Å². The number of thiophene rings is 1. The molecule has 0 aliphatic carbocycles. The smallest absolute Gasteiger partial charge is 0.279 e. The van der Waals surface area contributed by atoms with Crippen LogP contribution in [0.15, 0.2) is 59.4 Å². The third-order valence-corrected chi connectivity index (χ3v) is 4.16. The number of carbonyl (C=O) groups excluding carboxylic acids is 2. The van der Waals surface area contributed by atoms with E-state index in [-0.39, 0.29) is 5.82 Å². The number of halogens is 1. The largest absolute Gasteiger partial charge is 0.472 e. The fourth-order valence-corrected chi connectivity index (χ4v) is 2.78. The maximum atomic E-state index is 12.9. The third kappa shape index (κ3) is 3.46. The van der Waals surface area contributed by atoms with Crippen molar-refractivity contribution in [3.05, 3.63) is 71.2 Å². The van der Waals surface area contributed by atoms with E-state index in [0.29, 0.717) is 10.4 Å². The fourth-order valence-electron chi connectivity index (χ4n) is 1.87. The average Bonchev–Trinajstić information content (AvgIpc) is 3.24. The van der Waals surface area contributed by atoms with Crippen LogP contribution in [0, 0.1) is 5.82 Å². The van der Waals surface area contributed by atoms with E-state index < -0.39 is 11.8 Å². The summed E-state index contributed by atoms with van der Waals surface area (Å²) in [6.45, 7) is 0. The van der Waals surface area contributed by atoms with Crippen LogP contribution in [0.25, 0.3) is 10.4 Å². The van der Waals surface area contributed by atoms with Gasteiger partial charge >= 0.3 is 0 Å². The molecule has 3 aromatic rings. The standard InChI is InChI=1S/C16H11FN2O3S/c17-12-3-1-10(2-4-12)13-5-6-14(23-13)16(21)19-18-15(20)11-7-8-22-9-11/h1-9H,(H,18,20)(H,19,21). The maximum Gasteiger partial charge on any atom is 0.279 e. The highest BCUT2D eigenvalue weighted by Gasteiger charge is 2.12. The Morgan fingerprint density at radius 1 is 0.957 bits per heavy atom. The molecule has 0 saturated heterocycles. The lowest BCUT2D eigenvalue weighted by Crippen LogP contribution is -2.41. The topological polar surface area (TPSA) is 71.3 Å². The van der Waals surface area contributed by atoms with Crippen LogP contribution in [0.2, 0.25) is 0 Å². The lowest BCUT2D eigenvalue weighted by Gasteiger charge is -2.04. The van der Waals surface area contributed by atoms with Gasteiger partial charge in [-0.15, -0.1) is 11.3 Å². The van der Waals surface area contributed by atoms with Gasteiger partial charge in [0, 0.05) is 4.88 Å². The molecule has 0 aliphatic heterocycles. The summed E-state index contributed by atoms with van der Waals surface area (Å²) in [5.74, 6) is -1.21. The number of nitrogens with one attached hydrogen (secondary N) is 2. The summed E-state index contributed by atoms with van der Waals surface area (Å²) in [6, 6.07) is 10.9. The molecule has 0 aliphatic rings. The predicted molar refractivity (Wildman–Crippen MR) is 83.4 cm³/mol. The molecule has 5 nitrogen and oxygen atoms in total. The number of furan rings is 1. The molecule has 0 radical (unpaired) electrons. The first-order valence-electron chi connectivity index (χ1n) is 6.62. The van der Waals surface area contributed by atoms with Gasteiger partial charge in [-0.1, -0.05) is 12.1 Å². The number of amides is 2. The second-order valence-electron chi connectivity index (χ2n) is 4.59. The Morgan fingerprint density at radius 3 is 2.39 bits per heavy atom. The molecule has 2 N–H and O–H groups in total.